The summed E-state index contributed by atoms with van der Waals surface area (Å²) < 4.78 is 30.6. The number of hydrogen-bond donors (Lipinski definition) is 1. The molecule has 0 radical (unpaired) electrons. The second-order valence-corrected chi connectivity index (χ2v) is 8.97. The van der Waals surface area contributed by atoms with Crippen molar-refractivity contribution < 1.29 is 17.7 Å². The summed E-state index contributed by atoms with van der Waals surface area (Å²) in [6.45, 7) is 2.35. The molecule has 1 aliphatic heterocycles. The first-order valence-electron chi connectivity index (χ1n) is 8.73. The van der Waals surface area contributed by atoms with Crippen LogP contribution in [0.4, 0.5) is 0 Å². The van der Waals surface area contributed by atoms with Crippen molar-refractivity contribution in [2.75, 3.05) is 18.8 Å². The maximum Gasteiger partial charge on any atom is 0.246 e. The third kappa shape index (κ3) is 4.66. The monoisotopic (exact) mass is 412 g/mol. The lowest BCUT2D eigenvalue weighted by Crippen LogP contribution is -2.45. The predicted octanol–water partition coefficient (Wildman–Crippen LogP) is 2.07. The molecule has 8 nitrogen and oxygen atoms in total. The Balaban J connectivity index is 1.59. The van der Waals surface area contributed by atoms with Crippen molar-refractivity contribution in [3.8, 4) is 11.4 Å². The number of nitrogens with one attached hydrogen (secondary N) is 1. The van der Waals surface area contributed by atoms with Crippen LogP contribution in [0.3, 0.4) is 0 Å². The minimum atomic E-state index is -3.29. The van der Waals surface area contributed by atoms with Crippen molar-refractivity contribution in [1.29, 1.82) is 0 Å². The highest BCUT2D eigenvalue weighted by Gasteiger charge is 2.31. The Morgan fingerprint density at radius 3 is 2.93 bits per heavy atom. The summed E-state index contributed by atoms with van der Waals surface area (Å²) in [5.41, 5.74) is 0.646. The zero-order chi connectivity index (χ0) is 19.4. The second kappa shape index (κ2) is 8.37. The summed E-state index contributed by atoms with van der Waals surface area (Å²) >= 11 is 6.11. The lowest BCUT2D eigenvalue weighted by molar-refractivity contribution is -0.126. The summed E-state index contributed by atoms with van der Waals surface area (Å²) in [5, 5.41) is 7.14. The molecule has 0 aliphatic carbocycles. The normalized spacial score (nSPS) is 18.4. The van der Waals surface area contributed by atoms with Crippen molar-refractivity contribution in [2.45, 2.75) is 26.3 Å². The molecule has 1 aliphatic rings. The van der Waals surface area contributed by atoms with Gasteiger partial charge in [-0.05, 0) is 31.9 Å². The van der Waals surface area contributed by atoms with Gasteiger partial charge < -0.3 is 9.84 Å². The van der Waals surface area contributed by atoms with E-state index in [4.69, 9.17) is 16.1 Å². The molecule has 0 spiro atoms. The third-order valence-corrected chi connectivity index (χ3v) is 6.69. The summed E-state index contributed by atoms with van der Waals surface area (Å²) in [4.78, 5) is 16.7. The Bertz CT molecular complexity index is 915. The van der Waals surface area contributed by atoms with E-state index >= 15 is 0 Å². The molecule has 1 atom stereocenters. The highest BCUT2D eigenvalue weighted by molar-refractivity contribution is 7.89. The Kier molecular flexibility index (Phi) is 6.13. The van der Waals surface area contributed by atoms with E-state index in [2.05, 4.69) is 15.5 Å². The van der Waals surface area contributed by atoms with Crippen LogP contribution in [0.25, 0.3) is 11.4 Å². The van der Waals surface area contributed by atoms with E-state index in [1.54, 1.807) is 25.1 Å². The minimum absolute atomic E-state index is 0.0359. The molecule has 1 saturated heterocycles. The Morgan fingerprint density at radius 2 is 2.19 bits per heavy atom. The van der Waals surface area contributed by atoms with Gasteiger partial charge in [-0.1, -0.05) is 28.9 Å². The highest BCUT2D eigenvalue weighted by Crippen LogP contribution is 2.25. The molecule has 10 heteroatoms. The predicted molar refractivity (Wildman–Crippen MR) is 100 cm³/mol. The second-order valence-electron chi connectivity index (χ2n) is 6.31. The van der Waals surface area contributed by atoms with Gasteiger partial charge in [0.15, 0.2) is 0 Å². The molecule has 27 heavy (non-hydrogen) atoms. The fourth-order valence-electron chi connectivity index (χ4n) is 2.98. The van der Waals surface area contributed by atoms with Crippen LogP contribution in [0.5, 0.6) is 0 Å². The molecule has 1 amide bonds. The van der Waals surface area contributed by atoms with Crippen LogP contribution in [-0.4, -0.2) is 47.6 Å². The van der Waals surface area contributed by atoms with Crippen molar-refractivity contribution in [2.24, 2.45) is 5.92 Å². The van der Waals surface area contributed by atoms with Gasteiger partial charge in [0.1, 0.15) is 0 Å². The third-order valence-electron chi connectivity index (χ3n) is 4.51. The van der Waals surface area contributed by atoms with Crippen molar-refractivity contribution in [1.82, 2.24) is 19.8 Å². The van der Waals surface area contributed by atoms with E-state index in [1.165, 1.54) is 4.31 Å². The Labute approximate surface area is 162 Å². The van der Waals surface area contributed by atoms with E-state index in [9.17, 15) is 13.2 Å². The summed E-state index contributed by atoms with van der Waals surface area (Å²) in [5.74, 6) is 0.0399. The van der Waals surface area contributed by atoms with Crippen LogP contribution < -0.4 is 5.32 Å². The maximum atomic E-state index is 12.4. The molecular formula is C17H21ClN4O4S. The Morgan fingerprint density at radius 1 is 1.41 bits per heavy atom. The van der Waals surface area contributed by atoms with Gasteiger partial charge in [-0.3, -0.25) is 4.79 Å². The molecule has 3 rings (SSSR count). The van der Waals surface area contributed by atoms with Gasteiger partial charge in [-0.15, -0.1) is 0 Å². The van der Waals surface area contributed by atoms with Gasteiger partial charge in [0.25, 0.3) is 0 Å². The standard InChI is InChI=1S/C17H21ClN4O4S/c1-2-27(24,25)22-9-5-6-12(11-22)17(23)19-10-15-20-16(21-26-15)13-7-3-4-8-14(13)18/h3-4,7-8,12H,2,5-6,9-11H2,1H3,(H,19,23)/t12-/m0/s1. The number of carbonyl (C=O) groups excluding carboxylic acids is 1. The van der Waals surface area contributed by atoms with Gasteiger partial charge in [0.05, 0.1) is 23.2 Å². The number of carbonyl (C=O) groups is 1. The van der Waals surface area contributed by atoms with E-state index < -0.39 is 10.0 Å². The molecule has 146 valence electrons. The van der Waals surface area contributed by atoms with Gasteiger partial charge in [0.2, 0.25) is 27.6 Å². The van der Waals surface area contributed by atoms with Crippen molar-refractivity contribution in [3.05, 3.63) is 35.2 Å². The number of rotatable bonds is 6. The van der Waals surface area contributed by atoms with E-state index in [1.807, 2.05) is 6.07 Å². The topological polar surface area (TPSA) is 105 Å². The molecule has 2 aromatic rings. The van der Waals surface area contributed by atoms with Crippen LogP contribution in [0.1, 0.15) is 25.7 Å². The van der Waals surface area contributed by atoms with Crippen LogP contribution >= 0.6 is 11.6 Å². The van der Waals surface area contributed by atoms with Crippen molar-refractivity contribution in [3.63, 3.8) is 0 Å². The maximum absolute atomic E-state index is 12.4. The van der Waals surface area contributed by atoms with Crippen molar-refractivity contribution >= 4 is 27.5 Å². The summed E-state index contributed by atoms with van der Waals surface area (Å²) in [6.07, 6.45) is 1.31. The average molecular weight is 413 g/mol. The minimum Gasteiger partial charge on any atom is -0.347 e. The number of amides is 1. The van der Waals surface area contributed by atoms with Gasteiger partial charge in [-0.25, -0.2) is 12.7 Å². The molecule has 1 aromatic heterocycles. The molecule has 1 N–H and O–H groups in total. The number of aromatic nitrogens is 2. The first-order chi connectivity index (χ1) is 12.9. The van der Waals surface area contributed by atoms with Crippen LogP contribution in [0.2, 0.25) is 5.02 Å². The van der Waals surface area contributed by atoms with Gasteiger partial charge in [0, 0.05) is 18.7 Å². The number of piperidine rings is 1. The van der Waals surface area contributed by atoms with Crippen LogP contribution in [0, 0.1) is 5.92 Å². The molecule has 1 aromatic carbocycles. The lowest BCUT2D eigenvalue weighted by Gasteiger charge is -2.30. The molecular weight excluding hydrogens is 392 g/mol. The largest absolute Gasteiger partial charge is 0.347 e. The molecule has 1 fully saturated rings. The zero-order valence-electron chi connectivity index (χ0n) is 14.9. The summed E-state index contributed by atoms with van der Waals surface area (Å²) in [6, 6.07) is 7.13. The first kappa shape index (κ1) is 19.8. The average Bonchev–Trinajstić information content (AvgIpc) is 3.15. The van der Waals surface area contributed by atoms with Crippen LogP contribution in [-0.2, 0) is 21.4 Å². The lowest BCUT2D eigenvalue weighted by atomic mass is 9.99. The van der Waals surface area contributed by atoms with Gasteiger partial charge in [-0.2, -0.15) is 4.98 Å². The fraction of sp³-hybridized carbons (Fsp3) is 0.471. The smallest absolute Gasteiger partial charge is 0.246 e. The molecule has 0 unspecified atom stereocenters. The number of sulfonamides is 1. The van der Waals surface area contributed by atoms with E-state index in [0.717, 1.165) is 0 Å². The van der Waals surface area contributed by atoms with E-state index in [-0.39, 0.29) is 36.6 Å². The zero-order valence-corrected chi connectivity index (χ0v) is 16.5. The molecule has 0 saturated carbocycles. The highest BCUT2D eigenvalue weighted by atomic mass is 35.5. The molecule has 0 bridgehead atoms. The molecule has 2 heterocycles. The van der Waals surface area contributed by atoms with Crippen LogP contribution in [0.15, 0.2) is 28.8 Å². The Hall–Kier alpha value is -1.97. The number of nitrogens with zero attached hydrogens (tertiary/aromatic N) is 3. The van der Waals surface area contributed by atoms with E-state index in [0.29, 0.717) is 35.8 Å². The van der Waals surface area contributed by atoms with Gasteiger partial charge >= 0.3 is 0 Å². The quantitative estimate of drug-likeness (QED) is 0.778. The number of benzene rings is 1. The summed E-state index contributed by atoms with van der Waals surface area (Å²) in [7, 11) is -3.29. The fourth-order valence-corrected chi connectivity index (χ4v) is 4.38. The number of hydrogen-bond acceptors (Lipinski definition) is 6. The SMILES string of the molecule is CCS(=O)(=O)N1CCC[C@H](C(=O)NCc2nc(-c3ccccc3Cl)no2)C1. The number of halogens is 1. The first-order valence-corrected chi connectivity index (χ1v) is 10.7.